The van der Waals surface area contributed by atoms with E-state index in [1.165, 1.54) is 11.3 Å². The molecule has 0 aliphatic carbocycles. The number of nitrogens with zero attached hydrogens (tertiary/aromatic N) is 1. The van der Waals surface area contributed by atoms with Gasteiger partial charge in [0.25, 0.3) is 5.56 Å². The number of hydrogen-bond acceptors (Lipinski definition) is 4. The summed E-state index contributed by atoms with van der Waals surface area (Å²) in [7, 11) is 1.61. The third-order valence-electron chi connectivity index (χ3n) is 4.14. The van der Waals surface area contributed by atoms with Crippen LogP contribution in [0.2, 0.25) is 0 Å². The van der Waals surface area contributed by atoms with Crippen molar-refractivity contribution in [2.45, 2.75) is 0 Å². The fourth-order valence-corrected chi connectivity index (χ4v) is 4.00. The first-order valence-corrected chi connectivity index (χ1v) is 9.50. The lowest BCUT2D eigenvalue weighted by atomic mass is 10.1. The first kappa shape index (κ1) is 17.5. The number of thiophene rings is 1. The number of halogens is 1. The molecule has 0 saturated carbocycles. The Bertz CT molecular complexity index is 1200. The maximum Gasteiger partial charge on any atom is 0.260 e. The minimum absolute atomic E-state index is 0.202. The molecule has 0 bridgehead atoms. The summed E-state index contributed by atoms with van der Waals surface area (Å²) in [5, 5.41) is 2.89. The van der Waals surface area contributed by atoms with E-state index in [4.69, 9.17) is 16.3 Å². The van der Waals surface area contributed by atoms with Crippen LogP contribution in [0, 0.1) is 0 Å². The van der Waals surface area contributed by atoms with E-state index in [0.29, 0.717) is 21.1 Å². The van der Waals surface area contributed by atoms with Gasteiger partial charge in [-0.3, -0.25) is 4.79 Å². The zero-order valence-electron chi connectivity index (χ0n) is 14.4. The van der Waals surface area contributed by atoms with Crippen molar-refractivity contribution in [2.24, 2.45) is 0 Å². The Labute approximate surface area is 164 Å². The van der Waals surface area contributed by atoms with E-state index in [1.54, 1.807) is 13.2 Å². The molecular weight excluding hydrogens is 380 g/mol. The lowest BCUT2D eigenvalue weighted by molar-refractivity contribution is 0.414. The van der Waals surface area contributed by atoms with E-state index in [2.05, 4.69) is 9.97 Å². The molecule has 2 aromatic heterocycles. The second-order valence-electron chi connectivity index (χ2n) is 5.88. The summed E-state index contributed by atoms with van der Waals surface area (Å²) in [5.74, 6) is 1.08. The fraction of sp³-hybridized carbons (Fsp3) is 0.0476. The number of aromatic nitrogens is 2. The van der Waals surface area contributed by atoms with E-state index < -0.39 is 0 Å². The predicted molar refractivity (Wildman–Crippen MR) is 112 cm³/mol. The van der Waals surface area contributed by atoms with Crippen molar-refractivity contribution >= 4 is 44.3 Å². The van der Waals surface area contributed by atoms with Crippen LogP contribution in [-0.4, -0.2) is 17.1 Å². The van der Waals surface area contributed by atoms with Gasteiger partial charge in [-0.25, -0.2) is 4.98 Å². The topological polar surface area (TPSA) is 55.0 Å². The molecular formula is C21H15ClN2O2S. The fourth-order valence-electron chi connectivity index (χ4n) is 2.84. The minimum Gasteiger partial charge on any atom is -0.497 e. The van der Waals surface area contributed by atoms with E-state index in [1.807, 2.05) is 60.0 Å². The number of H-pyrrole nitrogens is 1. The molecule has 2 heterocycles. The number of fused-ring (bicyclic) bond motifs is 1. The molecule has 0 spiro atoms. The average molecular weight is 395 g/mol. The molecule has 6 heteroatoms. The van der Waals surface area contributed by atoms with Crippen molar-refractivity contribution in [2.75, 3.05) is 7.11 Å². The van der Waals surface area contributed by atoms with Gasteiger partial charge < -0.3 is 9.72 Å². The van der Waals surface area contributed by atoms with Crippen LogP contribution in [0.5, 0.6) is 5.75 Å². The van der Waals surface area contributed by atoms with E-state index in [-0.39, 0.29) is 5.56 Å². The molecule has 4 aromatic rings. The number of hydrogen-bond donors (Lipinski definition) is 1. The highest BCUT2D eigenvalue weighted by molar-refractivity contribution is 7.17. The number of benzene rings is 2. The van der Waals surface area contributed by atoms with Crippen LogP contribution in [-0.2, 0) is 0 Å². The van der Waals surface area contributed by atoms with Crippen LogP contribution in [0.25, 0.3) is 32.5 Å². The van der Waals surface area contributed by atoms with Crippen molar-refractivity contribution in [1.82, 2.24) is 9.97 Å². The van der Waals surface area contributed by atoms with Gasteiger partial charge in [-0.05, 0) is 29.3 Å². The molecule has 134 valence electrons. The molecule has 0 amide bonds. The molecule has 2 aromatic carbocycles. The zero-order valence-corrected chi connectivity index (χ0v) is 16.0. The molecule has 0 atom stereocenters. The van der Waals surface area contributed by atoms with Gasteiger partial charge in [-0.1, -0.05) is 54.1 Å². The van der Waals surface area contributed by atoms with Crippen LogP contribution in [0.3, 0.4) is 0 Å². The predicted octanol–water partition coefficient (Wildman–Crippen LogP) is 5.40. The molecule has 4 nitrogen and oxygen atoms in total. The number of ether oxygens (including phenoxy) is 1. The quantitative estimate of drug-likeness (QED) is 0.504. The van der Waals surface area contributed by atoms with Gasteiger partial charge in [-0.2, -0.15) is 0 Å². The highest BCUT2D eigenvalue weighted by atomic mass is 35.5. The maximum atomic E-state index is 12.7. The van der Waals surface area contributed by atoms with Gasteiger partial charge in [0.15, 0.2) is 5.82 Å². The summed E-state index contributed by atoms with van der Waals surface area (Å²) in [6, 6.07) is 17.3. The second-order valence-corrected chi connectivity index (χ2v) is 7.14. The van der Waals surface area contributed by atoms with Crippen molar-refractivity contribution < 1.29 is 4.74 Å². The van der Waals surface area contributed by atoms with Gasteiger partial charge in [0.2, 0.25) is 0 Å². The Morgan fingerprint density at radius 1 is 1.19 bits per heavy atom. The molecule has 4 rings (SSSR count). The molecule has 0 unspecified atom stereocenters. The SMILES string of the molecule is COc1cccc(/C=C(\Cl)c2nc3scc(-c4ccccc4)c3c(=O)[nH]2)c1. The average Bonchev–Trinajstić information content (AvgIpc) is 3.13. The summed E-state index contributed by atoms with van der Waals surface area (Å²) in [5.41, 5.74) is 2.52. The molecule has 0 fully saturated rings. The first-order valence-electron chi connectivity index (χ1n) is 8.24. The van der Waals surface area contributed by atoms with Crippen molar-refractivity contribution in [3.05, 3.63) is 81.7 Å². The number of nitrogens with one attached hydrogen (secondary N) is 1. The van der Waals surface area contributed by atoms with Crippen LogP contribution in [0.4, 0.5) is 0 Å². The Balaban J connectivity index is 1.78. The van der Waals surface area contributed by atoms with Gasteiger partial charge in [0.05, 0.1) is 17.5 Å². The smallest absolute Gasteiger partial charge is 0.260 e. The Hall–Kier alpha value is -2.89. The van der Waals surface area contributed by atoms with Crippen LogP contribution in [0.15, 0.2) is 64.8 Å². The van der Waals surface area contributed by atoms with E-state index >= 15 is 0 Å². The summed E-state index contributed by atoms with van der Waals surface area (Å²) in [6.07, 6.45) is 1.75. The maximum absolute atomic E-state index is 12.7. The van der Waals surface area contributed by atoms with Crippen molar-refractivity contribution in [3.8, 4) is 16.9 Å². The lowest BCUT2D eigenvalue weighted by Crippen LogP contribution is -2.10. The Morgan fingerprint density at radius 3 is 2.78 bits per heavy atom. The normalized spacial score (nSPS) is 11.7. The minimum atomic E-state index is -0.202. The molecule has 0 aliphatic rings. The van der Waals surface area contributed by atoms with Gasteiger partial charge in [0.1, 0.15) is 10.6 Å². The highest BCUT2D eigenvalue weighted by Crippen LogP contribution is 2.31. The van der Waals surface area contributed by atoms with Gasteiger partial charge >= 0.3 is 0 Å². The molecule has 1 N–H and O–H groups in total. The number of methoxy groups -OCH3 is 1. The Kier molecular flexibility index (Phi) is 4.79. The summed E-state index contributed by atoms with van der Waals surface area (Å²) in [6.45, 7) is 0. The standard InChI is InChI=1S/C21H15ClN2O2S/c1-26-15-9-5-6-13(10-15)11-17(22)19-23-20(25)18-16(12-27-21(18)24-19)14-7-3-2-4-8-14/h2-12H,1H3,(H,23,24,25)/b17-11-. The second kappa shape index (κ2) is 7.39. The Morgan fingerprint density at radius 2 is 2.00 bits per heavy atom. The van der Waals surface area contributed by atoms with E-state index in [9.17, 15) is 4.79 Å². The van der Waals surface area contributed by atoms with Crippen LogP contribution >= 0.6 is 22.9 Å². The van der Waals surface area contributed by atoms with E-state index in [0.717, 1.165) is 22.4 Å². The van der Waals surface area contributed by atoms with Crippen molar-refractivity contribution in [3.63, 3.8) is 0 Å². The summed E-state index contributed by atoms with van der Waals surface area (Å²) >= 11 is 7.85. The molecule has 0 saturated heterocycles. The van der Waals surface area contributed by atoms with Crippen molar-refractivity contribution in [1.29, 1.82) is 0 Å². The molecule has 0 radical (unpaired) electrons. The molecule has 27 heavy (non-hydrogen) atoms. The third kappa shape index (κ3) is 3.52. The zero-order chi connectivity index (χ0) is 18.8. The largest absolute Gasteiger partial charge is 0.497 e. The van der Waals surface area contributed by atoms with Crippen LogP contribution in [0.1, 0.15) is 11.4 Å². The first-order chi connectivity index (χ1) is 13.2. The van der Waals surface area contributed by atoms with Gasteiger partial charge in [0, 0.05) is 10.9 Å². The monoisotopic (exact) mass is 394 g/mol. The summed E-state index contributed by atoms with van der Waals surface area (Å²) in [4.78, 5) is 20.7. The highest BCUT2D eigenvalue weighted by Gasteiger charge is 2.14. The lowest BCUT2D eigenvalue weighted by Gasteiger charge is -2.03. The van der Waals surface area contributed by atoms with Crippen LogP contribution < -0.4 is 10.3 Å². The summed E-state index contributed by atoms with van der Waals surface area (Å²) < 4.78 is 5.22. The molecule has 0 aliphatic heterocycles. The van der Waals surface area contributed by atoms with Gasteiger partial charge in [-0.15, -0.1) is 11.3 Å². The third-order valence-corrected chi connectivity index (χ3v) is 5.30. The number of rotatable bonds is 4. The number of aromatic amines is 1.